The first kappa shape index (κ1) is 19.2. The third-order valence-corrected chi connectivity index (χ3v) is 3.90. The molecule has 0 spiro atoms. The van der Waals surface area contributed by atoms with Gasteiger partial charge in [0.25, 0.3) is 5.91 Å². The molecular formula is C19H13F3N2O4. The van der Waals surface area contributed by atoms with Crippen LogP contribution in [0.2, 0.25) is 0 Å². The van der Waals surface area contributed by atoms with Crippen molar-refractivity contribution in [3.05, 3.63) is 75.8 Å². The number of para-hydroxylation sites is 1. The van der Waals surface area contributed by atoms with Gasteiger partial charge in [0.05, 0.1) is 5.69 Å². The van der Waals surface area contributed by atoms with E-state index in [9.17, 15) is 27.6 Å². The van der Waals surface area contributed by atoms with Gasteiger partial charge in [0.15, 0.2) is 29.0 Å². The number of halogens is 3. The quantitative estimate of drug-likeness (QED) is 0.529. The highest BCUT2D eigenvalue weighted by molar-refractivity contribution is 5.97. The molecule has 0 fully saturated rings. The zero-order chi connectivity index (χ0) is 20.4. The molecule has 0 aliphatic rings. The van der Waals surface area contributed by atoms with Gasteiger partial charge in [0.2, 0.25) is 0 Å². The number of aromatic amines is 1. The van der Waals surface area contributed by atoms with Crippen LogP contribution in [0.25, 0.3) is 10.9 Å². The van der Waals surface area contributed by atoms with E-state index in [1.807, 2.05) is 5.32 Å². The number of fused-ring (bicyclic) bond motifs is 1. The molecule has 28 heavy (non-hydrogen) atoms. The minimum Gasteiger partial charge on any atom is -0.448 e. The monoisotopic (exact) mass is 390 g/mol. The van der Waals surface area contributed by atoms with Crippen molar-refractivity contribution in [1.82, 2.24) is 4.98 Å². The number of pyridine rings is 1. The zero-order valence-corrected chi connectivity index (χ0v) is 14.4. The van der Waals surface area contributed by atoms with Crippen LogP contribution >= 0.6 is 0 Å². The van der Waals surface area contributed by atoms with E-state index in [0.29, 0.717) is 17.0 Å². The lowest BCUT2D eigenvalue weighted by Gasteiger charge is -2.14. The SMILES string of the molecule is C[C@@H](OC(=O)c1cc(=O)c2ccccc2[nH]1)C(=O)Nc1ccc(F)c(F)c1F. The second kappa shape index (κ2) is 7.55. The predicted molar refractivity (Wildman–Crippen MR) is 94.4 cm³/mol. The second-order valence-electron chi connectivity index (χ2n) is 5.85. The highest BCUT2D eigenvalue weighted by Gasteiger charge is 2.22. The minimum absolute atomic E-state index is 0.178. The fourth-order valence-electron chi connectivity index (χ4n) is 2.44. The Bertz CT molecular complexity index is 1140. The van der Waals surface area contributed by atoms with Gasteiger partial charge >= 0.3 is 5.97 Å². The van der Waals surface area contributed by atoms with E-state index in [1.165, 1.54) is 6.92 Å². The lowest BCUT2D eigenvalue weighted by molar-refractivity contribution is -0.123. The van der Waals surface area contributed by atoms with E-state index in [-0.39, 0.29) is 5.69 Å². The van der Waals surface area contributed by atoms with E-state index >= 15 is 0 Å². The molecule has 0 saturated heterocycles. The molecule has 9 heteroatoms. The van der Waals surface area contributed by atoms with Gasteiger partial charge in [0, 0.05) is 17.0 Å². The molecule has 1 atom stereocenters. The summed E-state index contributed by atoms with van der Waals surface area (Å²) in [6.45, 7) is 1.20. The van der Waals surface area contributed by atoms with Crippen molar-refractivity contribution >= 4 is 28.5 Å². The van der Waals surface area contributed by atoms with Gasteiger partial charge in [-0.25, -0.2) is 18.0 Å². The number of anilines is 1. The molecule has 6 nitrogen and oxygen atoms in total. The van der Waals surface area contributed by atoms with Crippen molar-refractivity contribution in [2.75, 3.05) is 5.32 Å². The standard InChI is InChI=1S/C19H13F3N2O4/c1-9(18(26)24-13-7-6-11(20)16(21)17(13)22)28-19(27)14-8-15(25)10-4-2-3-5-12(10)23-14/h2-9H,1H3,(H,23,25)(H,24,26)/t9-/m1/s1. The molecule has 0 bridgehead atoms. The fraction of sp³-hybridized carbons (Fsp3) is 0.105. The largest absolute Gasteiger partial charge is 0.448 e. The number of hydrogen-bond acceptors (Lipinski definition) is 4. The molecular weight excluding hydrogens is 377 g/mol. The van der Waals surface area contributed by atoms with E-state index in [1.54, 1.807) is 24.3 Å². The van der Waals surface area contributed by atoms with Crippen molar-refractivity contribution < 1.29 is 27.5 Å². The molecule has 3 aromatic rings. The van der Waals surface area contributed by atoms with Crippen LogP contribution in [0.15, 0.2) is 47.3 Å². The number of aromatic nitrogens is 1. The zero-order valence-electron chi connectivity index (χ0n) is 14.4. The maximum Gasteiger partial charge on any atom is 0.355 e. The summed E-state index contributed by atoms with van der Waals surface area (Å²) in [6.07, 6.45) is -1.41. The van der Waals surface area contributed by atoms with E-state index in [4.69, 9.17) is 4.74 Å². The highest BCUT2D eigenvalue weighted by atomic mass is 19.2. The topological polar surface area (TPSA) is 88.3 Å². The number of benzene rings is 2. The smallest absolute Gasteiger partial charge is 0.355 e. The van der Waals surface area contributed by atoms with Crippen molar-refractivity contribution in [3.63, 3.8) is 0 Å². The number of carbonyl (C=O) groups is 2. The van der Waals surface area contributed by atoms with Crippen molar-refractivity contribution in [2.24, 2.45) is 0 Å². The molecule has 2 N–H and O–H groups in total. The summed E-state index contributed by atoms with van der Waals surface area (Å²) in [5, 5.41) is 2.38. The summed E-state index contributed by atoms with van der Waals surface area (Å²) < 4.78 is 44.7. The average Bonchev–Trinajstić information content (AvgIpc) is 2.68. The second-order valence-corrected chi connectivity index (χ2v) is 5.85. The number of amides is 1. The summed E-state index contributed by atoms with van der Waals surface area (Å²) in [7, 11) is 0. The maximum absolute atomic E-state index is 13.6. The van der Waals surface area contributed by atoms with Gasteiger partial charge in [-0.05, 0) is 31.2 Å². The van der Waals surface area contributed by atoms with Crippen LogP contribution in [-0.4, -0.2) is 23.0 Å². The molecule has 0 saturated carbocycles. The predicted octanol–water partition coefficient (Wildman–Crippen LogP) is 3.13. The molecule has 0 radical (unpaired) electrons. The van der Waals surface area contributed by atoms with Crippen LogP contribution in [0.3, 0.4) is 0 Å². The average molecular weight is 390 g/mol. The maximum atomic E-state index is 13.6. The third kappa shape index (κ3) is 3.73. The number of esters is 1. The Kier molecular flexibility index (Phi) is 5.16. The molecule has 1 aromatic heterocycles. The first-order valence-corrected chi connectivity index (χ1v) is 8.05. The lowest BCUT2D eigenvalue weighted by atomic mass is 10.2. The first-order chi connectivity index (χ1) is 13.3. The number of nitrogens with one attached hydrogen (secondary N) is 2. The molecule has 0 aliphatic heterocycles. The van der Waals surface area contributed by atoms with Gasteiger partial charge in [0.1, 0.15) is 5.69 Å². The third-order valence-electron chi connectivity index (χ3n) is 3.90. The van der Waals surface area contributed by atoms with Crippen LogP contribution < -0.4 is 10.7 Å². The van der Waals surface area contributed by atoms with Gasteiger partial charge in [-0.3, -0.25) is 9.59 Å². The highest BCUT2D eigenvalue weighted by Crippen LogP contribution is 2.20. The molecule has 1 amide bonds. The summed E-state index contributed by atoms with van der Waals surface area (Å²) in [4.78, 5) is 39.1. The Morgan fingerprint density at radius 2 is 1.79 bits per heavy atom. The minimum atomic E-state index is -1.74. The van der Waals surface area contributed by atoms with Crippen molar-refractivity contribution in [1.29, 1.82) is 0 Å². The summed E-state index contributed by atoms with van der Waals surface area (Å²) >= 11 is 0. The van der Waals surface area contributed by atoms with Crippen LogP contribution in [-0.2, 0) is 9.53 Å². The van der Waals surface area contributed by atoms with Gasteiger partial charge in [-0.1, -0.05) is 12.1 Å². The first-order valence-electron chi connectivity index (χ1n) is 8.05. The van der Waals surface area contributed by atoms with Crippen LogP contribution in [0.4, 0.5) is 18.9 Å². The Balaban J connectivity index is 1.74. The Labute approximate surface area is 155 Å². The van der Waals surface area contributed by atoms with Crippen molar-refractivity contribution in [3.8, 4) is 0 Å². The molecule has 0 aliphatic carbocycles. The van der Waals surface area contributed by atoms with Gasteiger partial charge < -0.3 is 15.0 Å². The van der Waals surface area contributed by atoms with Crippen LogP contribution in [0, 0.1) is 17.5 Å². The molecule has 0 unspecified atom stereocenters. The summed E-state index contributed by atoms with van der Waals surface area (Å²) in [5.41, 5.74) is -0.793. The molecule has 1 heterocycles. The Morgan fingerprint density at radius 3 is 2.54 bits per heavy atom. The van der Waals surface area contributed by atoms with E-state index in [0.717, 1.165) is 12.1 Å². The van der Waals surface area contributed by atoms with Crippen LogP contribution in [0.5, 0.6) is 0 Å². The Morgan fingerprint density at radius 1 is 1.07 bits per heavy atom. The number of ether oxygens (including phenoxy) is 1. The molecule has 3 rings (SSSR count). The Hall–Kier alpha value is -3.62. The van der Waals surface area contributed by atoms with E-state index < -0.39 is 46.5 Å². The van der Waals surface area contributed by atoms with Gasteiger partial charge in [-0.15, -0.1) is 0 Å². The summed E-state index contributed by atoms with van der Waals surface area (Å²) in [5.74, 6) is -6.69. The molecule has 2 aromatic carbocycles. The number of rotatable bonds is 4. The van der Waals surface area contributed by atoms with Crippen LogP contribution in [0.1, 0.15) is 17.4 Å². The fourth-order valence-corrected chi connectivity index (χ4v) is 2.44. The van der Waals surface area contributed by atoms with Crippen molar-refractivity contribution in [2.45, 2.75) is 13.0 Å². The lowest BCUT2D eigenvalue weighted by Crippen LogP contribution is -2.31. The number of carbonyl (C=O) groups excluding carboxylic acids is 2. The number of H-pyrrole nitrogens is 1. The summed E-state index contributed by atoms with van der Waals surface area (Å²) in [6, 6.07) is 9.01. The van der Waals surface area contributed by atoms with Gasteiger partial charge in [-0.2, -0.15) is 0 Å². The normalized spacial score (nSPS) is 11.9. The molecule has 144 valence electrons. The van der Waals surface area contributed by atoms with E-state index in [2.05, 4.69) is 4.98 Å². The number of hydrogen-bond donors (Lipinski definition) is 2.